The number of ether oxygens (including phenoxy) is 1. The van der Waals surface area contributed by atoms with Crippen molar-refractivity contribution in [3.8, 4) is 5.75 Å². The van der Waals surface area contributed by atoms with Gasteiger partial charge >= 0.3 is 0 Å². The second-order valence-corrected chi connectivity index (χ2v) is 8.17. The summed E-state index contributed by atoms with van der Waals surface area (Å²) in [5.41, 5.74) is 2.04. The molecule has 1 amide bonds. The van der Waals surface area contributed by atoms with Gasteiger partial charge in [-0.15, -0.1) is 0 Å². The minimum Gasteiger partial charge on any atom is -0.490 e. The largest absolute Gasteiger partial charge is 0.490 e. The maximum Gasteiger partial charge on any atom is 0.227 e. The molecule has 1 atom stereocenters. The molecule has 0 aliphatic heterocycles. The number of halogens is 2. The van der Waals surface area contributed by atoms with Crippen LogP contribution in [0.25, 0.3) is 0 Å². The van der Waals surface area contributed by atoms with E-state index in [9.17, 15) is 4.79 Å². The summed E-state index contributed by atoms with van der Waals surface area (Å²) in [6.45, 7) is 3.42. The molecule has 1 aliphatic rings. The van der Waals surface area contributed by atoms with E-state index in [1.807, 2.05) is 42.5 Å². The van der Waals surface area contributed by atoms with Crippen molar-refractivity contribution in [2.75, 3.05) is 18.5 Å². The zero-order chi connectivity index (χ0) is 18.5. The van der Waals surface area contributed by atoms with Gasteiger partial charge in [0.2, 0.25) is 5.91 Å². The Morgan fingerprint density at radius 1 is 1.15 bits per heavy atom. The fraction of sp³-hybridized carbons (Fsp3) is 0.350. The smallest absolute Gasteiger partial charge is 0.227 e. The van der Waals surface area contributed by atoms with Crippen LogP contribution >= 0.6 is 31.9 Å². The van der Waals surface area contributed by atoms with E-state index >= 15 is 0 Å². The van der Waals surface area contributed by atoms with Gasteiger partial charge in [0, 0.05) is 24.2 Å². The van der Waals surface area contributed by atoms with Crippen LogP contribution in [0.5, 0.6) is 5.75 Å². The lowest BCUT2D eigenvalue weighted by Gasteiger charge is -2.16. The first-order valence-corrected chi connectivity index (χ1v) is 10.3. The van der Waals surface area contributed by atoms with Crippen molar-refractivity contribution in [2.24, 2.45) is 5.92 Å². The molecule has 6 heteroatoms. The molecular weight excluding hydrogens is 460 g/mol. The number of benzene rings is 2. The highest BCUT2D eigenvalue weighted by Gasteiger charge is 2.29. The fourth-order valence-electron chi connectivity index (χ4n) is 2.61. The van der Waals surface area contributed by atoms with Crippen LogP contribution in [0.1, 0.15) is 31.4 Å². The van der Waals surface area contributed by atoms with E-state index in [2.05, 4.69) is 49.4 Å². The SMILES string of the molecule is CC(NCCOc1c(Br)cccc1Br)c1ccc(NC(=O)C2CC2)cc1. The molecule has 0 aromatic heterocycles. The summed E-state index contributed by atoms with van der Waals surface area (Å²) in [4.78, 5) is 11.8. The Hall–Kier alpha value is -1.37. The van der Waals surface area contributed by atoms with Crippen LogP contribution in [0.15, 0.2) is 51.4 Å². The molecule has 1 unspecified atom stereocenters. The Balaban J connectivity index is 1.44. The highest BCUT2D eigenvalue weighted by Crippen LogP contribution is 2.33. The highest BCUT2D eigenvalue weighted by molar-refractivity contribution is 9.11. The lowest BCUT2D eigenvalue weighted by atomic mass is 10.1. The van der Waals surface area contributed by atoms with Crippen molar-refractivity contribution >= 4 is 43.5 Å². The molecule has 0 spiro atoms. The average Bonchev–Trinajstić information content (AvgIpc) is 3.46. The highest BCUT2D eigenvalue weighted by atomic mass is 79.9. The number of carbonyl (C=O) groups excluding carboxylic acids is 1. The van der Waals surface area contributed by atoms with Crippen LogP contribution in [0, 0.1) is 5.92 Å². The number of carbonyl (C=O) groups is 1. The Labute approximate surface area is 171 Å². The predicted octanol–water partition coefficient (Wildman–Crippen LogP) is 5.29. The molecule has 1 fully saturated rings. The normalized spacial score (nSPS) is 14.7. The molecule has 2 aromatic rings. The first-order chi connectivity index (χ1) is 12.5. The molecule has 2 aromatic carbocycles. The van der Waals surface area contributed by atoms with E-state index in [0.717, 1.165) is 39.8 Å². The van der Waals surface area contributed by atoms with Gasteiger partial charge in [-0.2, -0.15) is 0 Å². The van der Waals surface area contributed by atoms with Gasteiger partial charge in [0.1, 0.15) is 12.4 Å². The molecule has 0 heterocycles. The van der Waals surface area contributed by atoms with Gasteiger partial charge in [0.15, 0.2) is 0 Å². The third-order valence-electron chi connectivity index (χ3n) is 4.34. The molecule has 26 heavy (non-hydrogen) atoms. The Kier molecular flexibility index (Phi) is 6.73. The number of amides is 1. The van der Waals surface area contributed by atoms with Crippen molar-refractivity contribution < 1.29 is 9.53 Å². The third kappa shape index (κ3) is 5.32. The van der Waals surface area contributed by atoms with Gasteiger partial charge in [-0.05, 0) is 81.5 Å². The van der Waals surface area contributed by atoms with Gasteiger partial charge < -0.3 is 15.4 Å². The minimum absolute atomic E-state index is 0.138. The summed E-state index contributed by atoms with van der Waals surface area (Å²) < 4.78 is 7.71. The fourth-order valence-corrected chi connectivity index (χ4v) is 3.84. The molecule has 0 radical (unpaired) electrons. The summed E-state index contributed by atoms with van der Waals surface area (Å²) in [6.07, 6.45) is 2.03. The van der Waals surface area contributed by atoms with Crippen molar-refractivity contribution in [1.29, 1.82) is 0 Å². The van der Waals surface area contributed by atoms with E-state index in [1.165, 1.54) is 5.56 Å². The summed E-state index contributed by atoms with van der Waals surface area (Å²) in [5.74, 6) is 1.18. The van der Waals surface area contributed by atoms with Crippen molar-refractivity contribution in [1.82, 2.24) is 5.32 Å². The molecule has 138 valence electrons. The van der Waals surface area contributed by atoms with Crippen LogP contribution in [0.4, 0.5) is 5.69 Å². The van der Waals surface area contributed by atoms with Crippen LogP contribution in [-0.2, 0) is 4.79 Å². The Morgan fingerprint density at radius 2 is 1.81 bits per heavy atom. The van der Waals surface area contributed by atoms with E-state index in [1.54, 1.807) is 0 Å². The number of para-hydroxylation sites is 1. The van der Waals surface area contributed by atoms with Crippen molar-refractivity contribution in [2.45, 2.75) is 25.8 Å². The van der Waals surface area contributed by atoms with Crippen LogP contribution in [-0.4, -0.2) is 19.1 Å². The van der Waals surface area contributed by atoms with Gasteiger partial charge in [-0.1, -0.05) is 18.2 Å². The van der Waals surface area contributed by atoms with Crippen LogP contribution in [0.2, 0.25) is 0 Å². The molecule has 4 nitrogen and oxygen atoms in total. The number of hydrogen-bond acceptors (Lipinski definition) is 3. The minimum atomic E-state index is 0.138. The summed E-state index contributed by atoms with van der Waals surface area (Å²) in [6, 6.07) is 14.1. The molecule has 1 saturated carbocycles. The van der Waals surface area contributed by atoms with Gasteiger partial charge in [0.05, 0.1) is 8.95 Å². The van der Waals surface area contributed by atoms with E-state index in [4.69, 9.17) is 4.74 Å². The lowest BCUT2D eigenvalue weighted by Crippen LogP contribution is -2.24. The molecular formula is C20H22Br2N2O2. The van der Waals surface area contributed by atoms with Crippen LogP contribution in [0.3, 0.4) is 0 Å². The van der Waals surface area contributed by atoms with E-state index < -0.39 is 0 Å². The zero-order valence-electron chi connectivity index (χ0n) is 14.6. The molecule has 0 saturated heterocycles. The summed E-state index contributed by atoms with van der Waals surface area (Å²) >= 11 is 6.99. The second-order valence-electron chi connectivity index (χ2n) is 6.46. The second kappa shape index (κ2) is 9.02. The topological polar surface area (TPSA) is 50.4 Å². The van der Waals surface area contributed by atoms with E-state index in [0.29, 0.717) is 6.61 Å². The summed E-state index contributed by atoms with van der Waals surface area (Å²) in [5, 5.41) is 6.42. The molecule has 3 rings (SSSR count). The maximum absolute atomic E-state index is 11.8. The predicted molar refractivity (Wildman–Crippen MR) is 112 cm³/mol. The Bertz CT molecular complexity index is 741. The van der Waals surface area contributed by atoms with Crippen molar-refractivity contribution in [3.63, 3.8) is 0 Å². The van der Waals surface area contributed by atoms with Crippen LogP contribution < -0.4 is 15.4 Å². The number of hydrogen-bond donors (Lipinski definition) is 2. The first-order valence-electron chi connectivity index (χ1n) is 8.75. The third-order valence-corrected chi connectivity index (χ3v) is 5.59. The molecule has 0 bridgehead atoms. The first kappa shape index (κ1) is 19.4. The number of nitrogens with one attached hydrogen (secondary N) is 2. The number of rotatable bonds is 8. The monoisotopic (exact) mass is 480 g/mol. The summed E-state index contributed by atoms with van der Waals surface area (Å²) in [7, 11) is 0. The lowest BCUT2D eigenvalue weighted by molar-refractivity contribution is -0.117. The quantitative estimate of drug-likeness (QED) is 0.503. The van der Waals surface area contributed by atoms with Gasteiger partial charge in [-0.3, -0.25) is 4.79 Å². The molecule has 2 N–H and O–H groups in total. The molecule has 1 aliphatic carbocycles. The van der Waals surface area contributed by atoms with Gasteiger partial charge in [0.25, 0.3) is 0 Å². The van der Waals surface area contributed by atoms with E-state index in [-0.39, 0.29) is 17.9 Å². The standard InChI is InChI=1S/C20H22Br2N2O2/c1-13(23-11-12-26-19-17(21)3-2-4-18(19)22)14-7-9-16(10-8-14)24-20(25)15-5-6-15/h2-4,7-10,13,15,23H,5-6,11-12H2,1H3,(H,24,25). The number of anilines is 1. The van der Waals surface area contributed by atoms with Crippen molar-refractivity contribution in [3.05, 3.63) is 57.0 Å². The average molecular weight is 482 g/mol. The Morgan fingerprint density at radius 3 is 2.42 bits per heavy atom. The zero-order valence-corrected chi connectivity index (χ0v) is 17.8. The maximum atomic E-state index is 11.8. The van der Waals surface area contributed by atoms with Gasteiger partial charge in [-0.25, -0.2) is 0 Å².